The first-order chi connectivity index (χ1) is 8.20. The van der Waals surface area contributed by atoms with Gasteiger partial charge in [0, 0.05) is 4.83 Å². The molecule has 0 aromatic heterocycles. The highest BCUT2D eigenvalue weighted by Crippen LogP contribution is 2.39. The van der Waals surface area contributed by atoms with Crippen molar-refractivity contribution in [3.05, 3.63) is 29.3 Å². The normalized spacial score (nSPS) is 16.9. The number of hydrogen-bond acceptors (Lipinski definition) is 1. The van der Waals surface area contributed by atoms with E-state index in [1.165, 1.54) is 36.8 Å². The third-order valence-electron chi connectivity index (χ3n) is 3.50. The van der Waals surface area contributed by atoms with Crippen LogP contribution in [0.3, 0.4) is 0 Å². The number of hydrogen-bond donors (Lipinski definition) is 0. The predicted octanol–water partition coefficient (Wildman–Crippen LogP) is 4.50. The fourth-order valence-electron chi connectivity index (χ4n) is 2.28. The van der Waals surface area contributed by atoms with E-state index in [0.29, 0.717) is 0 Å². The standard InChI is InChI=1S/C15H21BrO/c1-11-6-9-15(17-2)13(10-11)4-3-5-14(16)12-7-8-12/h6,9-10,12,14H,3-5,7-8H2,1-2H3. The molecule has 94 valence electrons. The lowest BCUT2D eigenvalue weighted by atomic mass is 10.0. The number of ether oxygens (including phenoxy) is 1. The fraction of sp³-hybridized carbons (Fsp3) is 0.600. The molecule has 1 aromatic carbocycles. The molecule has 0 N–H and O–H groups in total. The number of alkyl halides is 1. The molecule has 1 fully saturated rings. The van der Waals surface area contributed by atoms with E-state index in [1.807, 2.05) is 0 Å². The van der Waals surface area contributed by atoms with Gasteiger partial charge in [-0.2, -0.15) is 0 Å². The highest BCUT2D eigenvalue weighted by molar-refractivity contribution is 9.09. The van der Waals surface area contributed by atoms with Crippen LogP contribution >= 0.6 is 15.9 Å². The molecule has 0 saturated heterocycles. The van der Waals surface area contributed by atoms with E-state index >= 15 is 0 Å². The molecule has 0 amide bonds. The van der Waals surface area contributed by atoms with Crippen molar-refractivity contribution < 1.29 is 4.74 Å². The molecule has 1 atom stereocenters. The van der Waals surface area contributed by atoms with Gasteiger partial charge in [0.05, 0.1) is 7.11 Å². The summed E-state index contributed by atoms with van der Waals surface area (Å²) >= 11 is 3.80. The van der Waals surface area contributed by atoms with Gasteiger partial charge in [0.2, 0.25) is 0 Å². The molecule has 2 rings (SSSR count). The Labute approximate surface area is 113 Å². The average molecular weight is 297 g/mol. The molecule has 2 heteroatoms. The SMILES string of the molecule is COc1ccc(C)cc1CCCC(Br)C1CC1. The molecule has 0 aliphatic heterocycles. The van der Waals surface area contributed by atoms with Crippen molar-refractivity contribution in [2.45, 2.75) is 43.9 Å². The highest BCUT2D eigenvalue weighted by Gasteiger charge is 2.28. The maximum atomic E-state index is 5.41. The second kappa shape index (κ2) is 5.90. The van der Waals surface area contributed by atoms with Crippen LogP contribution in [0.5, 0.6) is 5.75 Å². The van der Waals surface area contributed by atoms with Crippen LogP contribution in [0.25, 0.3) is 0 Å². The van der Waals surface area contributed by atoms with Crippen LogP contribution in [0.4, 0.5) is 0 Å². The third kappa shape index (κ3) is 3.74. The topological polar surface area (TPSA) is 9.23 Å². The molecule has 1 saturated carbocycles. The molecule has 1 aromatic rings. The zero-order valence-corrected chi connectivity index (χ0v) is 12.3. The van der Waals surface area contributed by atoms with E-state index in [-0.39, 0.29) is 0 Å². The summed E-state index contributed by atoms with van der Waals surface area (Å²) in [4.78, 5) is 0.735. The van der Waals surface area contributed by atoms with E-state index in [1.54, 1.807) is 7.11 Å². The quantitative estimate of drug-likeness (QED) is 0.702. The first kappa shape index (κ1) is 12.9. The van der Waals surface area contributed by atoms with Gasteiger partial charge in [0.1, 0.15) is 5.75 Å². The smallest absolute Gasteiger partial charge is 0.122 e. The molecule has 1 nitrogen and oxygen atoms in total. The fourth-order valence-corrected chi connectivity index (χ4v) is 3.14. The second-order valence-corrected chi connectivity index (χ2v) is 6.24. The van der Waals surface area contributed by atoms with Gasteiger partial charge in [-0.3, -0.25) is 0 Å². The summed E-state index contributed by atoms with van der Waals surface area (Å²) in [6, 6.07) is 6.44. The van der Waals surface area contributed by atoms with Gasteiger partial charge in [-0.1, -0.05) is 33.6 Å². The number of rotatable bonds is 6. The molecule has 0 radical (unpaired) electrons. The Hall–Kier alpha value is -0.500. The maximum absolute atomic E-state index is 5.41. The predicted molar refractivity (Wildman–Crippen MR) is 76.1 cm³/mol. The van der Waals surface area contributed by atoms with Crippen molar-refractivity contribution in [3.8, 4) is 5.75 Å². The molecule has 1 aliphatic carbocycles. The second-order valence-electron chi connectivity index (χ2n) is 5.06. The van der Waals surface area contributed by atoms with E-state index in [2.05, 4.69) is 41.1 Å². The maximum Gasteiger partial charge on any atom is 0.122 e. The summed E-state index contributed by atoms with van der Waals surface area (Å²) in [6.45, 7) is 2.14. The van der Waals surface area contributed by atoms with Gasteiger partial charge < -0.3 is 4.74 Å². The Kier molecular flexibility index (Phi) is 4.49. The molecule has 0 spiro atoms. The zero-order chi connectivity index (χ0) is 12.3. The molecular formula is C15H21BrO. The Morgan fingerprint density at radius 1 is 1.41 bits per heavy atom. The first-order valence-electron chi connectivity index (χ1n) is 6.48. The van der Waals surface area contributed by atoms with Crippen LogP contribution in [0.15, 0.2) is 18.2 Å². The Balaban J connectivity index is 1.86. The summed E-state index contributed by atoms with van der Waals surface area (Å²) in [5, 5.41) is 0. The van der Waals surface area contributed by atoms with Crippen molar-refractivity contribution >= 4 is 15.9 Å². The Morgan fingerprint density at radius 3 is 2.82 bits per heavy atom. The molecule has 0 heterocycles. The van der Waals surface area contributed by atoms with Gasteiger partial charge in [-0.25, -0.2) is 0 Å². The van der Waals surface area contributed by atoms with Crippen molar-refractivity contribution in [1.82, 2.24) is 0 Å². The average Bonchev–Trinajstić information content (AvgIpc) is 3.13. The number of methoxy groups -OCH3 is 1. The molecule has 17 heavy (non-hydrogen) atoms. The Bertz CT molecular complexity index is 371. The number of halogens is 1. The van der Waals surface area contributed by atoms with Gasteiger partial charge >= 0.3 is 0 Å². The highest BCUT2D eigenvalue weighted by atomic mass is 79.9. The van der Waals surface area contributed by atoms with E-state index in [0.717, 1.165) is 22.9 Å². The van der Waals surface area contributed by atoms with E-state index in [4.69, 9.17) is 4.74 Å². The lowest BCUT2D eigenvalue weighted by Gasteiger charge is -2.11. The third-order valence-corrected chi connectivity index (χ3v) is 4.70. The van der Waals surface area contributed by atoms with Gasteiger partial charge in [0.25, 0.3) is 0 Å². The molecule has 0 bridgehead atoms. The van der Waals surface area contributed by atoms with Gasteiger partial charge in [-0.05, 0) is 56.6 Å². The lowest BCUT2D eigenvalue weighted by Crippen LogP contribution is -2.01. The summed E-state index contributed by atoms with van der Waals surface area (Å²) in [5.41, 5.74) is 2.67. The van der Waals surface area contributed by atoms with Crippen LogP contribution in [-0.4, -0.2) is 11.9 Å². The summed E-state index contributed by atoms with van der Waals surface area (Å²) in [7, 11) is 1.76. The van der Waals surface area contributed by atoms with Crippen LogP contribution in [0.1, 0.15) is 36.8 Å². The Morgan fingerprint density at radius 2 is 2.18 bits per heavy atom. The number of aryl methyl sites for hydroxylation is 2. The zero-order valence-electron chi connectivity index (χ0n) is 10.7. The lowest BCUT2D eigenvalue weighted by molar-refractivity contribution is 0.408. The summed E-state index contributed by atoms with van der Waals surface area (Å²) in [6.07, 6.45) is 6.49. The van der Waals surface area contributed by atoms with Crippen LogP contribution in [-0.2, 0) is 6.42 Å². The van der Waals surface area contributed by atoms with Gasteiger partial charge in [-0.15, -0.1) is 0 Å². The molecule has 1 aliphatic rings. The molecular weight excluding hydrogens is 276 g/mol. The van der Waals surface area contributed by atoms with Crippen LogP contribution in [0.2, 0.25) is 0 Å². The van der Waals surface area contributed by atoms with Gasteiger partial charge in [0.15, 0.2) is 0 Å². The minimum absolute atomic E-state index is 0.735. The summed E-state index contributed by atoms with van der Waals surface area (Å²) < 4.78 is 5.41. The van der Waals surface area contributed by atoms with E-state index in [9.17, 15) is 0 Å². The van der Waals surface area contributed by atoms with Crippen molar-refractivity contribution in [1.29, 1.82) is 0 Å². The summed E-state index contributed by atoms with van der Waals surface area (Å²) in [5.74, 6) is 1.99. The van der Waals surface area contributed by atoms with Crippen molar-refractivity contribution in [3.63, 3.8) is 0 Å². The van der Waals surface area contributed by atoms with Crippen LogP contribution < -0.4 is 4.74 Å². The molecule has 1 unspecified atom stereocenters. The first-order valence-corrected chi connectivity index (χ1v) is 7.40. The van der Waals surface area contributed by atoms with E-state index < -0.39 is 0 Å². The van der Waals surface area contributed by atoms with Crippen molar-refractivity contribution in [2.75, 3.05) is 7.11 Å². The monoisotopic (exact) mass is 296 g/mol. The largest absolute Gasteiger partial charge is 0.496 e. The van der Waals surface area contributed by atoms with Crippen LogP contribution in [0, 0.1) is 12.8 Å². The minimum Gasteiger partial charge on any atom is -0.496 e. The minimum atomic E-state index is 0.735. The number of benzene rings is 1. The van der Waals surface area contributed by atoms with Crippen molar-refractivity contribution in [2.24, 2.45) is 5.92 Å².